The summed E-state index contributed by atoms with van der Waals surface area (Å²) in [5.41, 5.74) is 3.61. The van der Waals surface area contributed by atoms with Crippen molar-refractivity contribution in [3.63, 3.8) is 0 Å². The summed E-state index contributed by atoms with van der Waals surface area (Å²) in [5.74, 6) is 1.43. The summed E-state index contributed by atoms with van der Waals surface area (Å²) < 4.78 is 8.39. The average Bonchev–Trinajstić information content (AvgIpc) is 3.43. The van der Waals surface area contributed by atoms with Gasteiger partial charge in [-0.15, -0.1) is 0 Å². The van der Waals surface area contributed by atoms with Gasteiger partial charge in [0.05, 0.1) is 22.9 Å². The van der Waals surface area contributed by atoms with Crippen molar-refractivity contribution in [2.75, 3.05) is 13.2 Å². The predicted octanol–water partition coefficient (Wildman–Crippen LogP) is 7.75. The van der Waals surface area contributed by atoms with E-state index in [2.05, 4.69) is 20.8 Å². The number of hydrogen-bond donors (Lipinski definition) is 0. The smallest absolute Gasteiger partial charge is 0.266 e. The van der Waals surface area contributed by atoms with Crippen LogP contribution < -0.4 is 4.74 Å². The molecule has 1 saturated heterocycles. The summed E-state index contributed by atoms with van der Waals surface area (Å²) in [4.78, 5) is 15.6. The Morgan fingerprint density at radius 2 is 1.81 bits per heavy atom. The van der Waals surface area contributed by atoms with Gasteiger partial charge in [0.2, 0.25) is 0 Å². The number of aromatic nitrogens is 2. The lowest BCUT2D eigenvalue weighted by atomic mass is 10.1. The number of benzene rings is 2. The maximum Gasteiger partial charge on any atom is 0.266 e. The van der Waals surface area contributed by atoms with Crippen LogP contribution in [0.1, 0.15) is 58.4 Å². The fourth-order valence-corrected chi connectivity index (χ4v) is 5.38. The topological polar surface area (TPSA) is 47.4 Å². The molecule has 1 amide bonds. The molecule has 3 aromatic rings. The van der Waals surface area contributed by atoms with Crippen LogP contribution in [-0.4, -0.2) is 38.1 Å². The van der Waals surface area contributed by atoms with E-state index in [0.29, 0.717) is 28.3 Å². The molecule has 0 bridgehead atoms. The number of carbonyl (C=O) groups excluding carboxylic acids is 1. The van der Waals surface area contributed by atoms with Gasteiger partial charge in [0.1, 0.15) is 10.1 Å². The Hall–Kier alpha value is -2.90. The molecule has 2 heterocycles. The summed E-state index contributed by atoms with van der Waals surface area (Å²) in [6.07, 6.45) is 9.34. The van der Waals surface area contributed by atoms with Crippen LogP contribution in [0.5, 0.6) is 5.75 Å². The lowest BCUT2D eigenvalue weighted by molar-refractivity contribution is -0.122. The second-order valence-electron chi connectivity index (χ2n) is 9.66. The van der Waals surface area contributed by atoms with Crippen LogP contribution in [0, 0.1) is 5.92 Å². The number of amides is 1. The van der Waals surface area contributed by atoms with E-state index in [-0.39, 0.29) is 5.91 Å². The number of thioether (sulfide) groups is 1. The number of ether oxygens (including phenoxy) is 1. The summed E-state index contributed by atoms with van der Waals surface area (Å²) >= 11 is 6.93. The van der Waals surface area contributed by atoms with Gasteiger partial charge in [0.15, 0.2) is 0 Å². The van der Waals surface area contributed by atoms with Crippen LogP contribution >= 0.6 is 24.0 Å². The van der Waals surface area contributed by atoms with E-state index < -0.39 is 0 Å². The largest absolute Gasteiger partial charge is 0.494 e. The van der Waals surface area contributed by atoms with E-state index in [9.17, 15) is 4.79 Å². The normalized spacial score (nSPS) is 14.8. The molecule has 0 atom stereocenters. The van der Waals surface area contributed by atoms with Gasteiger partial charge in [-0.05, 0) is 61.2 Å². The summed E-state index contributed by atoms with van der Waals surface area (Å²) in [5, 5.41) is 4.91. The van der Waals surface area contributed by atoms with Gasteiger partial charge >= 0.3 is 0 Å². The van der Waals surface area contributed by atoms with E-state index in [1.807, 2.05) is 71.6 Å². The van der Waals surface area contributed by atoms with Crippen molar-refractivity contribution in [1.29, 1.82) is 0 Å². The molecule has 5 nitrogen and oxygen atoms in total. The van der Waals surface area contributed by atoms with Gasteiger partial charge < -0.3 is 4.74 Å². The minimum Gasteiger partial charge on any atom is -0.494 e. The predicted molar refractivity (Wildman–Crippen MR) is 158 cm³/mol. The molecular formula is C30H35N3O2S2. The Morgan fingerprint density at radius 3 is 2.51 bits per heavy atom. The van der Waals surface area contributed by atoms with Gasteiger partial charge in [-0.2, -0.15) is 5.10 Å². The molecular weight excluding hydrogens is 498 g/mol. The lowest BCUT2D eigenvalue weighted by Gasteiger charge is -2.13. The summed E-state index contributed by atoms with van der Waals surface area (Å²) in [6, 6.07) is 18.0. The third-order valence-electron chi connectivity index (χ3n) is 6.25. The highest BCUT2D eigenvalue weighted by Crippen LogP contribution is 2.35. The van der Waals surface area contributed by atoms with Gasteiger partial charge in [-0.3, -0.25) is 9.69 Å². The van der Waals surface area contributed by atoms with Gasteiger partial charge in [-0.25, -0.2) is 4.68 Å². The Balaban J connectivity index is 1.61. The first-order valence-corrected chi connectivity index (χ1v) is 14.3. The maximum absolute atomic E-state index is 13.2. The lowest BCUT2D eigenvalue weighted by Crippen LogP contribution is -2.29. The first-order chi connectivity index (χ1) is 18.0. The number of unbranched alkanes of at least 4 members (excludes halogenated alkanes) is 3. The SMILES string of the molecule is CCCCCCN1C(=O)/C(=C/c2cn(-c3ccccc3)nc2-c2ccc(OCCC(C)C)cc2)SC1=S. The minimum atomic E-state index is -0.0150. The van der Waals surface area contributed by atoms with E-state index in [1.165, 1.54) is 18.2 Å². The molecule has 0 N–H and O–H groups in total. The Kier molecular flexibility index (Phi) is 9.58. The van der Waals surface area contributed by atoms with E-state index in [4.69, 9.17) is 22.1 Å². The fraction of sp³-hybridized carbons (Fsp3) is 0.367. The van der Waals surface area contributed by atoms with Crippen LogP contribution in [0.25, 0.3) is 23.0 Å². The van der Waals surface area contributed by atoms with Crippen molar-refractivity contribution in [3.8, 4) is 22.7 Å². The van der Waals surface area contributed by atoms with E-state index in [1.54, 1.807) is 4.90 Å². The molecule has 0 aliphatic carbocycles. The molecule has 194 valence electrons. The van der Waals surface area contributed by atoms with Crippen LogP contribution in [0.15, 0.2) is 65.7 Å². The number of carbonyl (C=O) groups is 1. The van der Waals surface area contributed by atoms with E-state index in [0.717, 1.165) is 53.9 Å². The molecule has 4 rings (SSSR count). The van der Waals surface area contributed by atoms with Crippen LogP contribution in [0.2, 0.25) is 0 Å². The standard InChI is InChI=1S/C30H35N3O2S2/c1-4-5-6-10-18-32-29(34)27(37-30(32)36)20-24-21-33(25-11-8-7-9-12-25)31-28(24)23-13-15-26(16-14-23)35-19-17-22(2)3/h7-9,11-16,20-22H,4-6,10,17-19H2,1-3H3/b27-20-. The van der Waals surface area contributed by atoms with Crippen LogP contribution in [0.4, 0.5) is 0 Å². The number of hydrogen-bond acceptors (Lipinski definition) is 5. The molecule has 7 heteroatoms. The van der Waals surface area contributed by atoms with Crippen molar-refractivity contribution in [2.45, 2.75) is 52.9 Å². The molecule has 37 heavy (non-hydrogen) atoms. The van der Waals surface area contributed by atoms with E-state index >= 15 is 0 Å². The molecule has 0 saturated carbocycles. The quantitative estimate of drug-likeness (QED) is 0.135. The first-order valence-electron chi connectivity index (χ1n) is 13.1. The maximum atomic E-state index is 13.2. The number of rotatable bonds is 12. The van der Waals surface area contributed by atoms with Crippen molar-refractivity contribution in [2.24, 2.45) is 5.92 Å². The highest BCUT2D eigenvalue weighted by Gasteiger charge is 2.32. The second kappa shape index (κ2) is 13.1. The van der Waals surface area contributed by atoms with Crippen molar-refractivity contribution >= 4 is 40.3 Å². The fourth-order valence-electron chi connectivity index (χ4n) is 4.08. The van der Waals surface area contributed by atoms with Crippen LogP contribution in [0.3, 0.4) is 0 Å². The summed E-state index contributed by atoms with van der Waals surface area (Å²) in [7, 11) is 0. The Bertz CT molecular complexity index is 1230. The third kappa shape index (κ3) is 7.11. The molecule has 1 aliphatic heterocycles. The first kappa shape index (κ1) is 27.1. The number of thiocarbonyl (C=S) groups is 1. The second-order valence-corrected chi connectivity index (χ2v) is 11.3. The molecule has 0 radical (unpaired) electrons. The van der Waals surface area contributed by atoms with Crippen molar-refractivity contribution in [3.05, 3.63) is 71.3 Å². The highest BCUT2D eigenvalue weighted by atomic mass is 32.2. The Labute approximate surface area is 229 Å². The minimum absolute atomic E-state index is 0.0150. The zero-order chi connectivity index (χ0) is 26.2. The number of nitrogens with zero attached hydrogens (tertiary/aromatic N) is 3. The zero-order valence-electron chi connectivity index (χ0n) is 21.9. The third-order valence-corrected chi connectivity index (χ3v) is 7.63. The molecule has 0 unspecified atom stereocenters. The molecule has 0 spiro atoms. The molecule has 1 fully saturated rings. The molecule has 1 aliphatic rings. The average molecular weight is 534 g/mol. The Morgan fingerprint density at radius 1 is 1.05 bits per heavy atom. The van der Waals surface area contributed by atoms with Gasteiger partial charge in [0, 0.05) is 23.9 Å². The van der Waals surface area contributed by atoms with Crippen molar-refractivity contribution in [1.82, 2.24) is 14.7 Å². The molecule has 1 aromatic heterocycles. The monoisotopic (exact) mass is 533 g/mol. The van der Waals surface area contributed by atoms with Crippen LogP contribution in [-0.2, 0) is 4.79 Å². The number of para-hydroxylation sites is 1. The zero-order valence-corrected chi connectivity index (χ0v) is 23.5. The van der Waals surface area contributed by atoms with Gasteiger partial charge in [0.25, 0.3) is 5.91 Å². The summed E-state index contributed by atoms with van der Waals surface area (Å²) in [6.45, 7) is 7.94. The highest BCUT2D eigenvalue weighted by molar-refractivity contribution is 8.26. The molecule has 2 aromatic carbocycles. The van der Waals surface area contributed by atoms with Crippen molar-refractivity contribution < 1.29 is 9.53 Å². The van der Waals surface area contributed by atoms with Gasteiger partial charge in [-0.1, -0.05) is 82.2 Å².